The van der Waals surface area contributed by atoms with Crippen molar-refractivity contribution in [3.8, 4) is 22.4 Å². The summed E-state index contributed by atoms with van der Waals surface area (Å²) in [6, 6.07) is 22.7. The van der Waals surface area contributed by atoms with E-state index in [0.717, 1.165) is 47.9 Å². The number of benzene rings is 3. The molecule has 0 aliphatic heterocycles. The Bertz CT molecular complexity index is 1620. The molecule has 10 heteroatoms. The molecule has 0 saturated heterocycles. The van der Waals surface area contributed by atoms with Crippen molar-refractivity contribution in [1.29, 1.82) is 0 Å². The van der Waals surface area contributed by atoms with Gasteiger partial charge < -0.3 is 20.5 Å². The second kappa shape index (κ2) is 13.1. The van der Waals surface area contributed by atoms with Gasteiger partial charge in [-0.15, -0.1) is 5.10 Å². The monoisotopic (exact) mass is 593 g/mol. The topological polar surface area (TPSA) is 135 Å². The van der Waals surface area contributed by atoms with E-state index in [1.165, 1.54) is 11.1 Å². The average molecular weight is 594 g/mol. The summed E-state index contributed by atoms with van der Waals surface area (Å²) in [6.07, 6.45) is 6.93. The van der Waals surface area contributed by atoms with Crippen LogP contribution >= 0.6 is 0 Å². The number of aromatic nitrogens is 3. The van der Waals surface area contributed by atoms with Gasteiger partial charge in [0.1, 0.15) is 24.9 Å². The minimum atomic E-state index is -1.02. The molecule has 6 rings (SSSR count). The van der Waals surface area contributed by atoms with Crippen LogP contribution in [-0.2, 0) is 20.9 Å². The van der Waals surface area contributed by atoms with Gasteiger partial charge in [0.25, 0.3) is 0 Å². The second-order valence-corrected chi connectivity index (χ2v) is 11.5. The number of anilines is 1. The number of nitrogens with zero attached hydrogens (tertiary/aromatic N) is 3. The first kappa shape index (κ1) is 29.1. The molecule has 2 amide bonds. The molecule has 1 heterocycles. The lowest BCUT2D eigenvalue weighted by Crippen LogP contribution is -2.45. The Morgan fingerprint density at radius 1 is 0.932 bits per heavy atom. The van der Waals surface area contributed by atoms with Gasteiger partial charge in [-0.25, -0.2) is 9.48 Å². The molecule has 226 valence electrons. The number of amides is 2. The molecule has 4 aromatic rings. The van der Waals surface area contributed by atoms with Crippen LogP contribution in [0.25, 0.3) is 22.4 Å². The molecule has 1 aromatic heterocycles. The van der Waals surface area contributed by atoms with Gasteiger partial charge in [-0.1, -0.05) is 98.0 Å². The van der Waals surface area contributed by atoms with Crippen LogP contribution in [0.15, 0.2) is 79.0 Å². The first-order valence-electron chi connectivity index (χ1n) is 15.1. The molecule has 2 aliphatic carbocycles. The fraction of sp³-hybridized carbons (Fsp3) is 0.324. The predicted molar refractivity (Wildman–Crippen MR) is 165 cm³/mol. The normalized spacial score (nSPS) is 15.2. The number of carbonyl (C=O) groups is 3. The Kier molecular flexibility index (Phi) is 8.67. The Hall–Kier alpha value is -4.99. The highest BCUT2D eigenvalue weighted by atomic mass is 16.5. The van der Waals surface area contributed by atoms with E-state index in [9.17, 15) is 14.4 Å². The standard InChI is InChI=1S/C34H35N5O5/c40-32(41)20-39-19-31(37-38-39)23-11-8-12-24(18-23)35-33(42)30(17-22-9-2-1-3-10-22)36-34(43)44-21-29-27-15-6-4-13-25(27)26-14-5-7-16-28(26)29/h4-8,11-16,18-19,22,29-30H,1-3,9-10,17,20-21H2,(H,35,42)(H,36,43)(H,40,41)/t30-/m0/s1. The van der Waals surface area contributed by atoms with Crippen LogP contribution in [0.4, 0.5) is 10.5 Å². The van der Waals surface area contributed by atoms with Crippen LogP contribution in [0.3, 0.4) is 0 Å². The quantitative estimate of drug-likeness (QED) is 0.210. The Morgan fingerprint density at radius 3 is 2.34 bits per heavy atom. The molecule has 44 heavy (non-hydrogen) atoms. The third-order valence-electron chi connectivity index (χ3n) is 8.51. The summed E-state index contributed by atoms with van der Waals surface area (Å²) in [7, 11) is 0. The molecular weight excluding hydrogens is 558 g/mol. The fourth-order valence-electron chi connectivity index (χ4n) is 6.40. The molecule has 2 aliphatic rings. The Balaban J connectivity index is 1.14. The number of nitrogens with one attached hydrogen (secondary N) is 2. The van der Waals surface area contributed by atoms with Crippen LogP contribution in [0.2, 0.25) is 0 Å². The summed E-state index contributed by atoms with van der Waals surface area (Å²) in [5, 5.41) is 22.7. The van der Waals surface area contributed by atoms with Gasteiger partial charge in [0.2, 0.25) is 5.91 Å². The minimum absolute atomic E-state index is 0.0741. The van der Waals surface area contributed by atoms with Gasteiger partial charge in [-0.3, -0.25) is 9.59 Å². The van der Waals surface area contributed by atoms with E-state index in [1.807, 2.05) is 24.3 Å². The maximum Gasteiger partial charge on any atom is 0.407 e. The maximum atomic E-state index is 13.6. The molecule has 1 saturated carbocycles. The van der Waals surface area contributed by atoms with Crippen molar-refractivity contribution in [2.45, 2.75) is 57.0 Å². The van der Waals surface area contributed by atoms with Gasteiger partial charge in [0.15, 0.2) is 0 Å². The van der Waals surface area contributed by atoms with Gasteiger partial charge in [-0.2, -0.15) is 0 Å². The number of hydrogen-bond donors (Lipinski definition) is 3. The fourth-order valence-corrected chi connectivity index (χ4v) is 6.40. The van der Waals surface area contributed by atoms with Crippen LogP contribution in [0.1, 0.15) is 55.6 Å². The third-order valence-corrected chi connectivity index (χ3v) is 8.51. The zero-order valence-electron chi connectivity index (χ0n) is 24.3. The van der Waals surface area contributed by atoms with Crippen LogP contribution in [0.5, 0.6) is 0 Å². The highest BCUT2D eigenvalue weighted by Gasteiger charge is 2.31. The first-order chi connectivity index (χ1) is 21.4. The molecule has 3 N–H and O–H groups in total. The summed E-state index contributed by atoms with van der Waals surface area (Å²) in [6.45, 7) is -0.129. The van der Waals surface area contributed by atoms with Crippen molar-refractivity contribution in [2.24, 2.45) is 5.92 Å². The lowest BCUT2D eigenvalue weighted by atomic mass is 9.84. The second-order valence-electron chi connectivity index (χ2n) is 11.5. The highest BCUT2D eigenvalue weighted by Crippen LogP contribution is 2.44. The highest BCUT2D eigenvalue weighted by molar-refractivity contribution is 5.97. The van der Waals surface area contributed by atoms with Crippen molar-refractivity contribution in [3.63, 3.8) is 0 Å². The molecule has 1 atom stereocenters. The number of aliphatic carboxylic acids is 1. The Labute approximate surface area is 255 Å². The molecule has 0 bridgehead atoms. The summed E-state index contributed by atoms with van der Waals surface area (Å²) < 4.78 is 7.01. The van der Waals surface area contributed by atoms with Gasteiger partial charge in [-0.05, 0) is 46.7 Å². The largest absolute Gasteiger partial charge is 0.480 e. The van der Waals surface area contributed by atoms with Gasteiger partial charge in [0.05, 0.1) is 6.20 Å². The number of fused-ring (bicyclic) bond motifs is 3. The smallest absolute Gasteiger partial charge is 0.407 e. The number of carboxylic acid groups (broad SMARTS) is 1. The number of hydrogen-bond acceptors (Lipinski definition) is 6. The number of ether oxygens (including phenoxy) is 1. The number of carbonyl (C=O) groups excluding carboxylic acids is 2. The van der Waals surface area contributed by atoms with Crippen molar-refractivity contribution < 1.29 is 24.2 Å². The van der Waals surface area contributed by atoms with E-state index in [1.54, 1.807) is 30.5 Å². The molecule has 1 fully saturated rings. The Morgan fingerprint density at radius 2 is 1.64 bits per heavy atom. The average Bonchev–Trinajstić information content (AvgIpc) is 3.62. The van der Waals surface area contributed by atoms with Crippen LogP contribution in [0, 0.1) is 5.92 Å². The minimum Gasteiger partial charge on any atom is -0.480 e. The lowest BCUT2D eigenvalue weighted by Gasteiger charge is -2.26. The summed E-state index contributed by atoms with van der Waals surface area (Å²) in [4.78, 5) is 37.8. The summed E-state index contributed by atoms with van der Waals surface area (Å²) in [5.41, 5.74) is 6.24. The van der Waals surface area contributed by atoms with E-state index in [-0.39, 0.29) is 25.0 Å². The molecule has 3 aromatic carbocycles. The maximum absolute atomic E-state index is 13.6. The van der Waals surface area contributed by atoms with Crippen molar-refractivity contribution in [2.75, 3.05) is 11.9 Å². The molecule has 0 spiro atoms. The van der Waals surface area contributed by atoms with E-state index < -0.39 is 18.1 Å². The molecule has 0 radical (unpaired) electrons. The molecule has 0 unspecified atom stereocenters. The summed E-state index contributed by atoms with van der Waals surface area (Å²) in [5.74, 6) is -1.08. The third kappa shape index (κ3) is 6.64. The van der Waals surface area contributed by atoms with E-state index >= 15 is 0 Å². The van der Waals surface area contributed by atoms with Crippen LogP contribution in [-0.4, -0.2) is 50.7 Å². The van der Waals surface area contributed by atoms with Crippen LogP contribution < -0.4 is 10.6 Å². The van der Waals surface area contributed by atoms with Gasteiger partial charge in [0, 0.05) is 17.2 Å². The summed E-state index contributed by atoms with van der Waals surface area (Å²) >= 11 is 0. The van der Waals surface area contributed by atoms with Crippen molar-refractivity contribution >= 4 is 23.7 Å². The van der Waals surface area contributed by atoms with Crippen molar-refractivity contribution in [3.05, 3.63) is 90.1 Å². The SMILES string of the molecule is O=C(O)Cn1cc(-c2cccc(NC(=O)[C@H](CC3CCCCC3)NC(=O)OCC3c4ccccc4-c4ccccc43)c2)nn1. The number of rotatable bonds is 10. The van der Waals surface area contributed by atoms with E-state index in [4.69, 9.17) is 9.84 Å². The zero-order valence-corrected chi connectivity index (χ0v) is 24.3. The van der Waals surface area contributed by atoms with Gasteiger partial charge >= 0.3 is 12.1 Å². The number of alkyl carbamates (subject to hydrolysis) is 1. The van der Waals surface area contributed by atoms with E-state index in [2.05, 4.69) is 45.2 Å². The zero-order chi connectivity index (χ0) is 30.5. The lowest BCUT2D eigenvalue weighted by molar-refractivity contribution is -0.137. The molecular formula is C34H35N5O5. The predicted octanol–water partition coefficient (Wildman–Crippen LogP) is 5.85. The first-order valence-corrected chi connectivity index (χ1v) is 15.1. The molecule has 10 nitrogen and oxygen atoms in total. The van der Waals surface area contributed by atoms with E-state index in [0.29, 0.717) is 29.3 Å². The van der Waals surface area contributed by atoms with Crippen molar-refractivity contribution in [1.82, 2.24) is 20.3 Å². The number of carboxylic acids is 1.